The Bertz CT molecular complexity index is 576. The number of ether oxygens (including phenoxy) is 2. The lowest BCUT2D eigenvalue weighted by molar-refractivity contribution is -0.407. The number of hydrogen-bond donors (Lipinski definition) is 1. The number of alkyl halides is 5. The molecule has 1 N–H and O–H groups in total. The SMILES string of the molecule is O=C(OCC1CC(F)(F)C(O)(C(F)(F)F)O1)C1CCC2CC=CCC2C1. The van der Waals surface area contributed by atoms with Crippen molar-refractivity contribution in [3.63, 3.8) is 0 Å². The standard InChI is InChI=1S/C17H21F5O4/c18-15(19)8-13(26-16(15,24)17(20,21)22)9-25-14(23)12-6-5-10-3-1-2-4-11(10)7-12/h1-2,10-13,24H,3-9H2. The van der Waals surface area contributed by atoms with E-state index in [0.717, 1.165) is 19.3 Å². The maximum absolute atomic E-state index is 13.6. The molecule has 2 aliphatic carbocycles. The molecule has 1 aliphatic heterocycles. The summed E-state index contributed by atoms with van der Waals surface area (Å²) < 4.78 is 74.3. The lowest BCUT2D eigenvalue weighted by Gasteiger charge is -2.36. The molecule has 0 aromatic rings. The zero-order valence-electron chi connectivity index (χ0n) is 14.0. The normalized spacial score (nSPS) is 39.5. The summed E-state index contributed by atoms with van der Waals surface area (Å²) in [6.07, 6.45) is -0.572. The summed E-state index contributed by atoms with van der Waals surface area (Å²) in [5.74, 6) is -9.15. The third kappa shape index (κ3) is 3.47. The fourth-order valence-corrected chi connectivity index (χ4v) is 4.14. The van der Waals surface area contributed by atoms with Crippen LogP contribution in [0.1, 0.15) is 38.5 Å². The van der Waals surface area contributed by atoms with Crippen molar-refractivity contribution in [3.8, 4) is 0 Å². The first-order chi connectivity index (χ1) is 12.0. The van der Waals surface area contributed by atoms with Gasteiger partial charge in [-0.2, -0.15) is 13.2 Å². The van der Waals surface area contributed by atoms with Gasteiger partial charge in [0, 0.05) is 6.42 Å². The lowest BCUT2D eigenvalue weighted by atomic mass is 9.69. The Morgan fingerprint density at radius 1 is 1.19 bits per heavy atom. The molecule has 148 valence electrons. The van der Waals surface area contributed by atoms with Crippen molar-refractivity contribution in [3.05, 3.63) is 12.2 Å². The topological polar surface area (TPSA) is 55.8 Å². The van der Waals surface area contributed by atoms with Crippen LogP contribution in [-0.2, 0) is 14.3 Å². The van der Waals surface area contributed by atoms with Crippen molar-refractivity contribution in [2.45, 2.75) is 62.5 Å². The van der Waals surface area contributed by atoms with Crippen LogP contribution in [0.15, 0.2) is 12.2 Å². The highest BCUT2D eigenvalue weighted by Gasteiger charge is 2.75. The molecule has 0 spiro atoms. The van der Waals surface area contributed by atoms with Crippen LogP contribution < -0.4 is 0 Å². The van der Waals surface area contributed by atoms with E-state index in [2.05, 4.69) is 16.9 Å². The Labute approximate surface area is 147 Å². The van der Waals surface area contributed by atoms with Crippen LogP contribution in [0, 0.1) is 17.8 Å². The Hall–Kier alpha value is -1.22. The monoisotopic (exact) mass is 384 g/mol. The smallest absolute Gasteiger partial charge is 0.449 e. The Morgan fingerprint density at radius 3 is 2.46 bits per heavy atom. The van der Waals surface area contributed by atoms with E-state index in [-0.39, 0.29) is 5.92 Å². The average Bonchev–Trinajstić information content (AvgIpc) is 2.82. The Morgan fingerprint density at radius 2 is 1.85 bits per heavy atom. The summed E-state index contributed by atoms with van der Waals surface area (Å²) in [7, 11) is 0. The van der Waals surface area contributed by atoms with Gasteiger partial charge in [-0.25, -0.2) is 8.78 Å². The minimum Gasteiger partial charge on any atom is -0.463 e. The molecule has 0 aromatic heterocycles. The van der Waals surface area contributed by atoms with Crippen LogP contribution in [0.4, 0.5) is 22.0 Å². The van der Waals surface area contributed by atoms with Crippen LogP contribution >= 0.6 is 0 Å². The molecule has 0 aromatic carbocycles. The van der Waals surface area contributed by atoms with Crippen molar-refractivity contribution in [2.75, 3.05) is 6.61 Å². The zero-order chi connectivity index (χ0) is 19.2. The quantitative estimate of drug-likeness (QED) is 0.459. The number of fused-ring (bicyclic) bond motifs is 1. The molecule has 26 heavy (non-hydrogen) atoms. The molecule has 0 radical (unpaired) electrons. The van der Waals surface area contributed by atoms with Crippen LogP contribution in [0.5, 0.6) is 0 Å². The van der Waals surface area contributed by atoms with Gasteiger partial charge in [-0.15, -0.1) is 0 Å². The van der Waals surface area contributed by atoms with Gasteiger partial charge >= 0.3 is 23.9 Å². The molecule has 2 fully saturated rings. The highest BCUT2D eigenvalue weighted by Crippen LogP contribution is 2.51. The Kier molecular flexibility index (Phi) is 5.07. The molecule has 1 heterocycles. The van der Waals surface area contributed by atoms with Gasteiger partial charge in [0.2, 0.25) is 0 Å². The van der Waals surface area contributed by atoms with Gasteiger partial charge in [0.1, 0.15) is 12.7 Å². The fourth-order valence-electron chi connectivity index (χ4n) is 4.14. The summed E-state index contributed by atoms with van der Waals surface area (Å²) in [4.78, 5) is 12.2. The number of hydrogen-bond acceptors (Lipinski definition) is 4. The number of rotatable bonds is 3. The second kappa shape index (κ2) is 6.74. The molecule has 1 saturated carbocycles. The van der Waals surface area contributed by atoms with Gasteiger partial charge in [0.25, 0.3) is 0 Å². The summed E-state index contributed by atoms with van der Waals surface area (Å²) in [6, 6.07) is 0. The van der Waals surface area contributed by atoms with Crippen LogP contribution in [0.2, 0.25) is 0 Å². The number of carbonyl (C=O) groups is 1. The zero-order valence-corrected chi connectivity index (χ0v) is 14.0. The van der Waals surface area contributed by atoms with Gasteiger partial charge < -0.3 is 14.6 Å². The van der Waals surface area contributed by atoms with Gasteiger partial charge in [-0.1, -0.05) is 12.2 Å². The third-order valence-corrected chi connectivity index (χ3v) is 5.63. The van der Waals surface area contributed by atoms with E-state index in [1.54, 1.807) is 0 Å². The van der Waals surface area contributed by atoms with Crippen LogP contribution in [0.3, 0.4) is 0 Å². The fraction of sp³-hybridized carbons (Fsp3) is 0.824. The van der Waals surface area contributed by atoms with Crippen LogP contribution in [0.25, 0.3) is 0 Å². The van der Waals surface area contributed by atoms with Gasteiger partial charge in [-0.3, -0.25) is 4.79 Å². The number of halogens is 5. The van der Waals surface area contributed by atoms with E-state index in [1.165, 1.54) is 0 Å². The minimum atomic E-state index is -5.65. The molecule has 3 aliphatic rings. The molecule has 1 saturated heterocycles. The van der Waals surface area contributed by atoms with Gasteiger partial charge in [0.15, 0.2) is 0 Å². The highest BCUT2D eigenvalue weighted by atomic mass is 19.4. The van der Waals surface area contributed by atoms with E-state index in [9.17, 15) is 31.9 Å². The van der Waals surface area contributed by atoms with Crippen molar-refractivity contribution in [1.29, 1.82) is 0 Å². The largest absolute Gasteiger partial charge is 0.463 e. The average molecular weight is 384 g/mol. The number of carbonyl (C=O) groups excluding carboxylic acids is 1. The molecular weight excluding hydrogens is 363 g/mol. The Balaban J connectivity index is 1.53. The molecule has 4 nitrogen and oxygen atoms in total. The van der Waals surface area contributed by atoms with Gasteiger partial charge in [0.05, 0.1) is 5.92 Å². The third-order valence-electron chi connectivity index (χ3n) is 5.63. The number of esters is 1. The van der Waals surface area contributed by atoms with Crippen molar-refractivity contribution in [2.24, 2.45) is 17.8 Å². The van der Waals surface area contributed by atoms with E-state index >= 15 is 0 Å². The second-order valence-corrected chi connectivity index (χ2v) is 7.39. The molecule has 0 amide bonds. The van der Waals surface area contributed by atoms with Crippen LogP contribution in [-0.4, -0.2) is 41.7 Å². The maximum atomic E-state index is 13.6. The van der Waals surface area contributed by atoms with E-state index in [0.29, 0.717) is 24.7 Å². The first kappa shape index (κ1) is 19.5. The summed E-state index contributed by atoms with van der Waals surface area (Å²) in [5.41, 5.74) is 0. The maximum Gasteiger partial charge on any atom is 0.449 e. The van der Waals surface area contributed by atoms with Crippen molar-refractivity contribution in [1.82, 2.24) is 0 Å². The highest BCUT2D eigenvalue weighted by molar-refractivity contribution is 5.72. The molecule has 5 unspecified atom stereocenters. The lowest BCUT2D eigenvalue weighted by Crippen LogP contribution is -2.56. The predicted octanol–water partition coefficient (Wildman–Crippen LogP) is 3.59. The second-order valence-electron chi connectivity index (χ2n) is 7.39. The number of aliphatic hydroxyl groups is 1. The summed E-state index contributed by atoms with van der Waals surface area (Å²) in [6.45, 7) is -0.739. The minimum absolute atomic E-state index is 0.369. The van der Waals surface area contributed by atoms with E-state index < -0.39 is 43.0 Å². The predicted molar refractivity (Wildman–Crippen MR) is 79.1 cm³/mol. The first-order valence-corrected chi connectivity index (χ1v) is 8.70. The molecule has 0 bridgehead atoms. The molecular formula is C17H21F5O4. The van der Waals surface area contributed by atoms with Crippen molar-refractivity contribution < 1.29 is 41.3 Å². The van der Waals surface area contributed by atoms with Gasteiger partial charge in [-0.05, 0) is 43.9 Å². The van der Waals surface area contributed by atoms with E-state index in [4.69, 9.17) is 4.74 Å². The van der Waals surface area contributed by atoms with E-state index in [1.807, 2.05) is 0 Å². The van der Waals surface area contributed by atoms with Crippen molar-refractivity contribution >= 4 is 5.97 Å². The summed E-state index contributed by atoms with van der Waals surface area (Å²) in [5, 5.41) is 9.23. The summed E-state index contributed by atoms with van der Waals surface area (Å²) >= 11 is 0. The molecule has 5 atom stereocenters. The number of allylic oxidation sites excluding steroid dienone is 2. The molecule has 3 rings (SSSR count). The first-order valence-electron chi connectivity index (χ1n) is 8.70. The molecule has 9 heteroatoms.